The highest BCUT2D eigenvalue weighted by molar-refractivity contribution is 7.93. The molecular weight excluding hydrogens is 349 g/mol. The summed E-state index contributed by atoms with van der Waals surface area (Å²) in [5.41, 5.74) is 0.496. The van der Waals surface area contributed by atoms with Gasteiger partial charge < -0.3 is 9.84 Å². The molecule has 2 aromatic carbocycles. The molecule has 0 atom stereocenters. The Morgan fingerprint density at radius 1 is 1.24 bits per heavy atom. The van der Waals surface area contributed by atoms with Crippen LogP contribution in [0.3, 0.4) is 0 Å². The van der Waals surface area contributed by atoms with Gasteiger partial charge in [0.05, 0.1) is 19.2 Å². The number of ether oxygens (including phenoxy) is 1. The molecule has 0 bridgehead atoms. The summed E-state index contributed by atoms with van der Waals surface area (Å²) >= 11 is 0. The molecule has 0 aliphatic carbocycles. The Kier molecular flexibility index (Phi) is 5.63. The number of rotatable bonds is 7. The van der Waals surface area contributed by atoms with E-state index in [1.54, 1.807) is 6.92 Å². The van der Waals surface area contributed by atoms with Crippen LogP contribution in [0, 0.1) is 5.82 Å². The summed E-state index contributed by atoms with van der Waals surface area (Å²) in [6.07, 6.45) is -0.321. The van der Waals surface area contributed by atoms with Gasteiger partial charge in [-0.1, -0.05) is 12.1 Å². The van der Waals surface area contributed by atoms with Crippen LogP contribution < -0.4 is 9.04 Å². The highest BCUT2D eigenvalue weighted by Crippen LogP contribution is 2.31. The average molecular weight is 367 g/mol. The van der Waals surface area contributed by atoms with Crippen molar-refractivity contribution in [3.63, 3.8) is 0 Å². The Bertz CT molecular complexity index is 882. The summed E-state index contributed by atoms with van der Waals surface area (Å²) in [6.45, 7) is 1.69. The van der Waals surface area contributed by atoms with Gasteiger partial charge in [0, 0.05) is 6.54 Å². The second-order valence-corrected chi connectivity index (χ2v) is 7.04. The lowest BCUT2D eigenvalue weighted by Gasteiger charge is -2.24. The van der Waals surface area contributed by atoms with Crippen LogP contribution in [0.4, 0.5) is 10.1 Å². The van der Waals surface area contributed by atoms with Crippen LogP contribution in [0.25, 0.3) is 0 Å². The fourth-order valence-corrected chi connectivity index (χ4v) is 4.12. The Balaban J connectivity index is 2.58. The molecule has 2 aromatic rings. The normalized spacial score (nSPS) is 11.2. The smallest absolute Gasteiger partial charge is 0.307 e. The van der Waals surface area contributed by atoms with E-state index < -0.39 is 21.8 Å². The van der Waals surface area contributed by atoms with Crippen LogP contribution >= 0.6 is 0 Å². The number of carboxylic acids is 1. The van der Waals surface area contributed by atoms with Crippen molar-refractivity contribution >= 4 is 21.7 Å². The Morgan fingerprint density at radius 2 is 1.96 bits per heavy atom. The maximum atomic E-state index is 13.5. The zero-order valence-electron chi connectivity index (χ0n) is 13.8. The van der Waals surface area contributed by atoms with Gasteiger partial charge in [-0.15, -0.1) is 0 Å². The summed E-state index contributed by atoms with van der Waals surface area (Å²) in [7, 11) is -2.75. The Labute approximate surface area is 145 Å². The van der Waals surface area contributed by atoms with Crippen molar-refractivity contribution in [3.8, 4) is 5.75 Å². The molecule has 0 saturated carbocycles. The molecule has 0 radical (unpaired) electrons. The number of halogens is 1. The molecule has 0 aliphatic heterocycles. The predicted molar refractivity (Wildman–Crippen MR) is 90.9 cm³/mol. The zero-order valence-corrected chi connectivity index (χ0v) is 14.6. The minimum absolute atomic E-state index is 0.0676. The molecule has 0 fully saturated rings. The largest absolute Gasteiger partial charge is 0.495 e. The first kappa shape index (κ1) is 18.7. The van der Waals surface area contributed by atoms with Gasteiger partial charge in [-0.3, -0.25) is 9.10 Å². The number of carboxylic acid groups (broad SMARTS) is 1. The minimum atomic E-state index is -4.07. The molecule has 0 unspecified atom stereocenters. The van der Waals surface area contributed by atoms with Gasteiger partial charge in [0.25, 0.3) is 10.0 Å². The molecule has 0 spiro atoms. The number of sulfonamides is 1. The number of benzene rings is 2. The third-order valence-electron chi connectivity index (χ3n) is 3.53. The van der Waals surface area contributed by atoms with Gasteiger partial charge in [-0.05, 0) is 42.8 Å². The molecule has 25 heavy (non-hydrogen) atoms. The number of hydrogen-bond acceptors (Lipinski definition) is 4. The van der Waals surface area contributed by atoms with Crippen molar-refractivity contribution in [2.24, 2.45) is 0 Å². The average Bonchev–Trinajstić information content (AvgIpc) is 2.54. The third kappa shape index (κ3) is 4.08. The van der Waals surface area contributed by atoms with E-state index in [4.69, 9.17) is 9.84 Å². The fourth-order valence-electron chi connectivity index (χ4n) is 2.45. The maximum Gasteiger partial charge on any atom is 0.307 e. The second kappa shape index (κ2) is 7.52. The lowest BCUT2D eigenvalue weighted by molar-refractivity contribution is -0.136. The van der Waals surface area contributed by atoms with Crippen molar-refractivity contribution in [2.75, 3.05) is 18.0 Å². The molecule has 8 heteroatoms. The lowest BCUT2D eigenvalue weighted by Crippen LogP contribution is -2.31. The quantitative estimate of drug-likeness (QED) is 0.813. The first-order valence-electron chi connectivity index (χ1n) is 7.46. The number of anilines is 1. The van der Waals surface area contributed by atoms with Crippen LogP contribution in [0.15, 0.2) is 47.4 Å². The van der Waals surface area contributed by atoms with E-state index >= 15 is 0 Å². The summed E-state index contributed by atoms with van der Waals surface area (Å²) in [4.78, 5) is 10.7. The van der Waals surface area contributed by atoms with E-state index in [0.29, 0.717) is 5.56 Å². The lowest BCUT2D eigenvalue weighted by atomic mass is 10.1. The standard InChI is InChI=1S/C17H18FNO5S/c1-3-19(14-6-4-5-13(18)11-14)25(22,23)16-9-12(10-17(20)21)7-8-15(16)24-2/h4-9,11H,3,10H2,1-2H3,(H,20,21). The highest BCUT2D eigenvalue weighted by atomic mass is 32.2. The van der Waals surface area contributed by atoms with Gasteiger partial charge in [0.15, 0.2) is 0 Å². The van der Waals surface area contributed by atoms with Gasteiger partial charge >= 0.3 is 5.97 Å². The molecule has 0 amide bonds. The number of carbonyl (C=O) groups is 1. The molecule has 1 N–H and O–H groups in total. The van der Waals surface area contributed by atoms with Crippen molar-refractivity contribution in [3.05, 3.63) is 53.8 Å². The topological polar surface area (TPSA) is 83.9 Å². The monoisotopic (exact) mass is 367 g/mol. The number of nitrogens with zero attached hydrogens (tertiary/aromatic N) is 1. The third-order valence-corrected chi connectivity index (χ3v) is 5.46. The molecule has 6 nitrogen and oxygen atoms in total. The van der Waals surface area contributed by atoms with E-state index in [1.165, 1.54) is 43.5 Å². The molecule has 0 heterocycles. The Hall–Kier alpha value is -2.61. The first-order valence-corrected chi connectivity index (χ1v) is 8.90. The van der Waals surface area contributed by atoms with Crippen molar-refractivity contribution in [2.45, 2.75) is 18.2 Å². The summed E-state index contributed by atoms with van der Waals surface area (Å²) < 4.78 is 45.8. The van der Waals surface area contributed by atoms with Gasteiger partial charge in [0.2, 0.25) is 0 Å². The van der Waals surface area contributed by atoms with E-state index in [0.717, 1.165) is 10.4 Å². The minimum Gasteiger partial charge on any atom is -0.495 e. The van der Waals surface area contributed by atoms with Gasteiger partial charge in [-0.25, -0.2) is 12.8 Å². The molecule has 0 aromatic heterocycles. The van der Waals surface area contributed by atoms with E-state index in [-0.39, 0.29) is 29.3 Å². The second-order valence-electron chi connectivity index (χ2n) is 5.21. The van der Waals surface area contributed by atoms with E-state index in [1.807, 2.05) is 0 Å². The molecular formula is C17H18FNO5S. The maximum absolute atomic E-state index is 13.5. The first-order chi connectivity index (χ1) is 11.8. The van der Waals surface area contributed by atoms with Crippen LogP contribution in [0.5, 0.6) is 5.75 Å². The predicted octanol–water partition coefficient (Wildman–Crippen LogP) is 2.68. The van der Waals surface area contributed by atoms with E-state index in [9.17, 15) is 17.6 Å². The number of hydrogen-bond donors (Lipinski definition) is 1. The summed E-state index contributed by atoms with van der Waals surface area (Å²) in [5.74, 6) is -1.55. The highest BCUT2D eigenvalue weighted by Gasteiger charge is 2.28. The van der Waals surface area contributed by atoms with Crippen molar-refractivity contribution in [1.82, 2.24) is 0 Å². The van der Waals surface area contributed by atoms with Crippen LogP contribution in [0.2, 0.25) is 0 Å². The van der Waals surface area contributed by atoms with Gasteiger partial charge in [-0.2, -0.15) is 0 Å². The van der Waals surface area contributed by atoms with Crippen LogP contribution in [-0.4, -0.2) is 33.1 Å². The molecule has 2 rings (SSSR count). The van der Waals surface area contributed by atoms with Crippen LogP contribution in [0.1, 0.15) is 12.5 Å². The van der Waals surface area contributed by atoms with Crippen LogP contribution in [-0.2, 0) is 21.2 Å². The summed E-state index contributed by atoms with van der Waals surface area (Å²) in [5, 5.41) is 8.92. The Morgan fingerprint density at radius 3 is 2.52 bits per heavy atom. The van der Waals surface area contributed by atoms with Crippen molar-refractivity contribution in [1.29, 1.82) is 0 Å². The summed E-state index contributed by atoms with van der Waals surface area (Å²) in [6, 6.07) is 9.41. The number of aliphatic carboxylic acids is 1. The zero-order chi connectivity index (χ0) is 18.6. The molecule has 134 valence electrons. The molecule has 0 saturated heterocycles. The fraction of sp³-hybridized carbons (Fsp3) is 0.235. The van der Waals surface area contributed by atoms with Crippen molar-refractivity contribution < 1.29 is 27.4 Å². The van der Waals surface area contributed by atoms with Gasteiger partial charge in [0.1, 0.15) is 16.5 Å². The SMILES string of the molecule is CCN(c1cccc(F)c1)S(=O)(=O)c1cc(CC(=O)O)ccc1OC. The molecule has 0 aliphatic rings. The van der Waals surface area contributed by atoms with E-state index in [2.05, 4.69) is 0 Å². The number of methoxy groups -OCH3 is 1.